The van der Waals surface area contributed by atoms with E-state index >= 15 is 0 Å². The van der Waals surface area contributed by atoms with E-state index in [1.54, 1.807) is 6.07 Å². The molecule has 0 unspecified atom stereocenters. The van der Waals surface area contributed by atoms with E-state index in [4.69, 9.17) is 14.2 Å². The Morgan fingerprint density at radius 3 is 2.19 bits per heavy atom. The topological polar surface area (TPSA) is 68.2 Å². The summed E-state index contributed by atoms with van der Waals surface area (Å²) < 4.78 is 16.2. The molecule has 0 aliphatic carbocycles. The first kappa shape index (κ1) is 15.2. The monoisotopic (exact) mass is 288 g/mol. The predicted molar refractivity (Wildman–Crippen MR) is 80.1 cm³/mol. The summed E-state index contributed by atoms with van der Waals surface area (Å²) in [6, 6.07) is 12.8. The SMILES string of the molecule is COc1ccc(B(O)O)c(OC)c1OCc1ccccc1. The summed E-state index contributed by atoms with van der Waals surface area (Å²) >= 11 is 0. The van der Waals surface area contributed by atoms with E-state index in [0.29, 0.717) is 18.1 Å². The quantitative estimate of drug-likeness (QED) is 0.775. The smallest absolute Gasteiger partial charge is 0.492 e. The van der Waals surface area contributed by atoms with E-state index in [0.717, 1.165) is 5.56 Å². The molecule has 0 aromatic heterocycles. The summed E-state index contributed by atoms with van der Waals surface area (Å²) in [6.45, 7) is 0.318. The largest absolute Gasteiger partial charge is 0.493 e. The second-order valence-electron chi connectivity index (χ2n) is 4.37. The lowest BCUT2D eigenvalue weighted by Crippen LogP contribution is -2.31. The third kappa shape index (κ3) is 3.48. The minimum atomic E-state index is -1.65. The summed E-state index contributed by atoms with van der Waals surface area (Å²) in [5.41, 5.74) is 1.21. The molecule has 2 rings (SSSR count). The van der Waals surface area contributed by atoms with Crippen LogP contribution >= 0.6 is 0 Å². The Labute approximate surface area is 123 Å². The van der Waals surface area contributed by atoms with Crippen molar-refractivity contribution in [2.45, 2.75) is 6.61 Å². The molecule has 6 heteroatoms. The van der Waals surface area contributed by atoms with Crippen molar-refractivity contribution >= 4 is 12.6 Å². The summed E-state index contributed by atoms with van der Waals surface area (Å²) in [6.07, 6.45) is 0. The van der Waals surface area contributed by atoms with E-state index in [-0.39, 0.29) is 11.2 Å². The molecule has 2 N–H and O–H groups in total. The van der Waals surface area contributed by atoms with Crippen LogP contribution in [0.15, 0.2) is 42.5 Å². The highest BCUT2D eigenvalue weighted by Crippen LogP contribution is 2.36. The molecule has 21 heavy (non-hydrogen) atoms. The first-order valence-electron chi connectivity index (χ1n) is 6.45. The Balaban J connectivity index is 2.33. The fourth-order valence-electron chi connectivity index (χ4n) is 2.00. The van der Waals surface area contributed by atoms with E-state index in [2.05, 4.69) is 0 Å². The van der Waals surface area contributed by atoms with E-state index in [1.807, 2.05) is 30.3 Å². The minimum absolute atomic E-state index is 0.223. The van der Waals surface area contributed by atoms with Gasteiger partial charge in [0.25, 0.3) is 0 Å². The minimum Gasteiger partial charge on any atom is -0.493 e. The first-order valence-corrected chi connectivity index (χ1v) is 6.45. The van der Waals surface area contributed by atoms with Gasteiger partial charge in [-0.25, -0.2) is 0 Å². The molecule has 110 valence electrons. The van der Waals surface area contributed by atoms with Crippen molar-refractivity contribution in [2.75, 3.05) is 14.2 Å². The van der Waals surface area contributed by atoms with Crippen LogP contribution in [0.5, 0.6) is 17.2 Å². The lowest BCUT2D eigenvalue weighted by Gasteiger charge is -2.17. The molecule has 0 fully saturated rings. The molecule has 5 nitrogen and oxygen atoms in total. The average Bonchev–Trinajstić information content (AvgIpc) is 2.52. The Morgan fingerprint density at radius 1 is 0.905 bits per heavy atom. The highest BCUT2D eigenvalue weighted by atomic mass is 16.5. The van der Waals surface area contributed by atoms with E-state index in [9.17, 15) is 10.0 Å². The van der Waals surface area contributed by atoms with Gasteiger partial charge in [-0.15, -0.1) is 0 Å². The highest BCUT2D eigenvalue weighted by molar-refractivity contribution is 6.59. The Morgan fingerprint density at radius 2 is 1.62 bits per heavy atom. The fraction of sp³-hybridized carbons (Fsp3) is 0.200. The molecule has 2 aromatic rings. The molecule has 0 saturated carbocycles. The van der Waals surface area contributed by atoms with Crippen LogP contribution in [0, 0.1) is 0 Å². The molecule has 0 bridgehead atoms. The zero-order chi connectivity index (χ0) is 15.2. The number of benzene rings is 2. The van der Waals surface area contributed by atoms with Crippen LogP contribution in [-0.4, -0.2) is 31.4 Å². The lowest BCUT2D eigenvalue weighted by atomic mass is 9.79. The van der Waals surface area contributed by atoms with Crippen molar-refractivity contribution in [1.82, 2.24) is 0 Å². The number of hydrogen-bond donors (Lipinski definition) is 2. The fourth-order valence-corrected chi connectivity index (χ4v) is 2.00. The summed E-state index contributed by atoms with van der Waals surface area (Å²) in [5.74, 6) is 1.06. The molecular weight excluding hydrogens is 271 g/mol. The maximum atomic E-state index is 9.39. The molecule has 0 radical (unpaired) electrons. The van der Waals surface area contributed by atoms with Crippen LogP contribution in [0.2, 0.25) is 0 Å². The molecule has 2 aromatic carbocycles. The van der Waals surface area contributed by atoms with Crippen molar-refractivity contribution in [2.24, 2.45) is 0 Å². The van der Waals surface area contributed by atoms with Gasteiger partial charge in [-0.1, -0.05) is 36.4 Å². The molecule has 0 spiro atoms. The Kier molecular flexibility index (Phi) is 5.08. The zero-order valence-corrected chi connectivity index (χ0v) is 11.9. The normalized spacial score (nSPS) is 10.1. The van der Waals surface area contributed by atoms with Crippen LogP contribution < -0.4 is 19.7 Å². The maximum absolute atomic E-state index is 9.39. The number of rotatable bonds is 6. The molecule has 0 aliphatic heterocycles. The van der Waals surface area contributed by atoms with Gasteiger partial charge in [-0.3, -0.25) is 0 Å². The second-order valence-corrected chi connectivity index (χ2v) is 4.37. The van der Waals surface area contributed by atoms with Gasteiger partial charge in [0, 0.05) is 5.46 Å². The van der Waals surface area contributed by atoms with Gasteiger partial charge < -0.3 is 24.3 Å². The van der Waals surface area contributed by atoms with Crippen LogP contribution in [0.3, 0.4) is 0 Å². The lowest BCUT2D eigenvalue weighted by molar-refractivity contribution is 0.266. The van der Waals surface area contributed by atoms with Gasteiger partial charge >= 0.3 is 7.12 Å². The molecule has 0 saturated heterocycles. The first-order chi connectivity index (χ1) is 10.2. The van der Waals surface area contributed by atoms with Crippen molar-refractivity contribution in [3.05, 3.63) is 48.0 Å². The zero-order valence-electron chi connectivity index (χ0n) is 11.9. The Hall–Kier alpha value is -2.18. The molecule has 0 atom stereocenters. The van der Waals surface area contributed by atoms with Gasteiger partial charge in [0.1, 0.15) is 6.61 Å². The van der Waals surface area contributed by atoms with Gasteiger partial charge in [0.05, 0.1) is 14.2 Å². The predicted octanol–water partition coefficient (Wildman–Crippen LogP) is 0.963. The molecule has 0 heterocycles. The van der Waals surface area contributed by atoms with Crippen LogP contribution in [0.25, 0.3) is 0 Å². The van der Waals surface area contributed by atoms with Crippen LogP contribution in [0.4, 0.5) is 0 Å². The third-order valence-corrected chi connectivity index (χ3v) is 3.03. The summed E-state index contributed by atoms with van der Waals surface area (Å²) in [7, 11) is 1.31. The second kappa shape index (κ2) is 7.01. The number of methoxy groups -OCH3 is 2. The van der Waals surface area contributed by atoms with Crippen molar-refractivity contribution in [1.29, 1.82) is 0 Å². The van der Waals surface area contributed by atoms with E-state index < -0.39 is 7.12 Å². The summed E-state index contributed by atoms with van der Waals surface area (Å²) in [4.78, 5) is 0. The van der Waals surface area contributed by atoms with Crippen molar-refractivity contribution in [3.8, 4) is 17.2 Å². The Bertz CT molecular complexity index is 586. The standard InChI is InChI=1S/C15H17BO5/c1-19-13-9-8-12(16(17)18)14(20-2)15(13)21-10-11-6-4-3-5-7-11/h3-9,17-18H,10H2,1-2H3. The third-order valence-electron chi connectivity index (χ3n) is 3.03. The number of hydrogen-bond acceptors (Lipinski definition) is 5. The summed E-state index contributed by atoms with van der Waals surface area (Å²) in [5, 5.41) is 18.8. The average molecular weight is 288 g/mol. The van der Waals surface area contributed by atoms with Crippen molar-refractivity contribution in [3.63, 3.8) is 0 Å². The van der Waals surface area contributed by atoms with Crippen molar-refractivity contribution < 1.29 is 24.3 Å². The van der Waals surface area contributed by atoms with Crippen LogP contribution in [0.1, 0.15) is 5.56 Å². The van der Waals surface area contributed by atoms with Gasteiger partial charge in [0.15, 0.2) is 11.5 Å². The molecule has 0 amide bonds. The van der Waals surface area contributed by atoms with Gasteiger partial charge in [0.2, 0.25) is 5.75 Å². The highest BCUT2D eigenvalue weighted by Gasteiger charge is 2.23. The van der Waals surface area contributed by atoms with E-state index in [1.165, 1.54) is 20.3 Å². The van der Waals surface area contributed by atoms with Gasteiger partial charge in [-0.05, 0) is 11.6 Å². The van der Waals surface area contributed by atoms with Gasteiger partial charge in [-0.2, -0.15) is 0 Å². The van der Waals surface area contributed by atoms with Crippen LogP contribution in [-0.2, 0) is 6.61 Å². The maximum Gasteiger partial charge on any atom is 0.492 e. The molecule has 0 aliphatic rings. The molecular formula is C15H17BO5. The number of ether oxygens (including phenoxy) is 3.